The maximum absolute atomic E-state index is 3.41. The van der Waals surface area contributed by atoms with Crippen LogP contribution in [0.3, 0.4) is 0 Å². The summed E-state index contributed by atoms with van der Waals surface area (Å²) in [5, 5.41) is 0.958. The van der Waals surface area contributed by atoms with Gasteiger partial charge < -0.3 is 0 Å². The van der Waals surface area contributed by atoms with Crippen LogP contribution in [0.5, 0.6) is 0 Å². The van der Waals surface area contributed by atoms with E-state index in [1.54, 1.807) is 0 Å². The Morgan fingerprint density at radius 3 is 2.30 bits per heavy atom. The van der Waals surface area contributed by atoms with Gasteiger partial charge >= 0.3 is 23.1 Å². The number of benzene rings is 1. The van der Waals surface area contributed by atoms with Crippen LogP contribution < -0.4 is 0 Å². The fourth-order valence-corrected chi connectivity index (χ4v) is 1.39. The summed E-state index contributed by atoms with van der Waals surface area (Å²) in [6.45, 7) is 2.12. The topological polar surface area (TPSA) is 0 Å². The lowest BCUT2D eigenvalue weighted by atomic mass is 10.1. The molecule has 0 aromatic heterocycles. The zero-order valence-electron chi connectivity index (χ0n) is 5.39. The number of hydrogen-bond acceptors (Lipinski definition) is 0. The molecule has 0 saturated heterocycles. The lowest BCUT2D eigenvalue weighted by Gasteiger charge is -1.97. The van der Waals surface area contributed by atoms with Crippen molar-refractivity contribution in [1.82, 2.24) is 0 Å². The molecule has 2 heteroatoms. The summed E-state index contributed by atoms with van der Waals surface area (Å²) in [6, 6.07) is 8.37. The van der Waals surface area contributed by atoms with Crippen LogP contribution >= 0.6 is 15.9 Å². The van der Waals surface area contributed by atoms with Gasteiger partial charge in [0.1, 0.15) is 0 Å². The fourth-order valence-electron chi connectivity index (χ4n) is 0.760. The molecule has 10 heavy (non-hydrogen) atoms. The van der Waals surface area contributed by atoms with Gasteiger partial charge in [-0.25, -0.2) is 0 Å². The maximum atomic E-state index is 3.41. The molecule has 0 amide bonds. The zero-order valence-corrected chi connectivity index (χ0v) is 6.98. The van der Waals surface area contributed by atoms with Gasteiger partial charge in [-0.15, -0.1) is 0 Å². The van der Waals surface area contributed by atoms with E-state index < -0.39 is 0 Å². The van der Waals surface area contributed by atoms with Gasteiger partial charge in [-0.05, 0) is 18.1 Å². The molecule has 0 radical (unpaired) electrons. The van der Waals surface area contributed by atoms with Gasteiger partial charge in [-0.1, -0.05) is 40.2 Å². The first-order chi connectivity index (χ1) is 4.34. The highest BCUT2D eigenvalue weighted by Crippen LogP contribution is 2.09. The van der Waals surface area contributed by atoms with Gasteiger partial charge in [0.05, 0.1) is 0 Å². The molecule has 0 spiro atoms. The highest BCUT2D eigenvalue weighted by Gasteiger charge is 1.90. The van der Waals surface area contributed by atoms with Gasteiger partial charge in [0, 0.05) is 5.33 Å². The highest BCUT2D eigenvalue weighted by molar-refractivity contribution is 9.08. The van der Waals surface area contributed by atoms with E-state index >= 15 is 0 Å². The molecule has 1 aromatic carbocycles. The van der Waals surface area contributed by atoms with E-state index in [-0.39, 0.29) is 23.1 Å². The van der Waals surface area contributed by atoms with Crippen LogP contribution in [0.2, 0.25) is 0 Å². The summed E-state index contributed by atoms with van der Waals surface area (Å²) in [6.07, 6.45) is 0. The van der Waals surface area contributed by atoms with Gasteiger partial charge in [-0.2, -0.15) is 0 Å². The van der Waals surface area contributed by atoms with Crippen LogP contribution in [0.4, 0.5) is 0 Å². The Morgan fingerprint density at radius 1 is 1.30 bits per heavy atom. The minimum atomic E-state index is 0. The minimum absolute atomic E-state index is 0. The number of halogens is 1. The van der Waals surface area contributed by atoms with Gasteiger partial charge in [0.2, 0.25) is 0 Å². The Kier molecular flexibility index (Phi) is 5.40. The number of rotatable bonds is 1. The summed E-state index contributed by atoms with van der Waals surface area (Å²) in [5.74, 6) is 0. The standard InChI is InChI=1S/C8H9Br.Mg.2H/c1-7-4-2-3-5-8(7)6-9;;;/h2-5H,6H2,1H3;;;. The third kappa shape index (κ3) is 2.60. The summed E-state index contributed by atoms with van der Waals surface area (Å²) in [4.78, 5) is 0. The molecule has 0 unspecified atom stereocenters. The second-order valence-corrected chi connectivity index (χ2v) is 2.62. The molecule has 52 valence electrons. The number of hydrogen-bond donors (Lipinski definition) is 0. The molecular weight excluding hydrogens is 200 g/mol. The number of aryl methyl sites for hydroxylation is 1. The first kappa shape index (κ1) is 10.5. The monoisotopic (exact) mass is 210 g/mol. The van der Waals surface area contributed by atoms with Crippen LogP contribution in [0.15, 0.2) is 24.3 Å². The molecule has 0 aliphatic heterocycles. The van der Waals surface area contributed by atoms with Crippen molar-refractivity contribution in [2.24, 2.45) is 0 Å². The van der Waals surface area contributed by atoms with Crippen LogP contribution in [-0.2, 0) is 5.33 Å². The Balaban J connectivity index is 0.000000810. The average Bonchev–Trinajstić information content (AvgIpc) is 1.89. The smallest absolute Gasteiger partial charge is 0.0876 e. The van der Waals surface area contributed by atoms with E-state index in [0.29, 0.717) is 0 Å². The average molecular weight is 211 g/mol. The van der Waals surface area contributed by atoms with Crippen molar-refractivity contribution in [3.63, 3.8) is 0 Å². The van der Waals surface area contributed by atoms with Crippen molar-refractivity contribution in [2.45, 2.75) is 12.3 Å². The lowest BCUT2D eigenvalue weighted by Crippen LogP contribution is -1.80. The van der Waals surface area contributed by atoms with Crippen LogP contribution in [0.1, 0.15) is 11.1 Å². The Hall–Kier alpha value is 0.466. The summed E-state index contributed by atoms with van der Waals surface area (Å²) >= 11 is 3.41. The second kappa shape index (κ2) is 5.16. The lowest BCUT2D eigenvalue weighted by molar-refractivity contribution is 1.32. The third-order valence-corrected chi connectivity index (χ3v) is 2.01. The van der Waals surface area contributed by atoms with Crippen molar-refractivity contribution in [2.75, 3.05) is 0 Å². The normalized spacial score (nSPS) is 8.60. The van der Waals surface area contributed by atoms with E-state index in [1.165, 1.54) is 11.1 Å². The van der Waals surface area contributed by atoms with Gasteiger partial charge in [0.25, 0.3) is 0 Å². The molecule has 0 bridgehead atoms. The zero-order chi connectivity index (χ0) is 6.69. The summed E-state index contributed by atoms with van der Waals surface area (Å²) in [7, 11) is 0. The van der Waals surface area contributed by atoms with E-state index in [4.69, 9.17) is 0 Å². The van der Waals surface area contributed by atoms with Gasteiger partial charge in [0.15, 0.2) is 0 Å². The molecule has 0 aliphatic carbocycles. The molecule has 0 saturated carbocycles. The van der Waals surface area contributed by atoms with Crippen molar-refractivity contribution < 1.29 is 0 Å². The first-order valence-electron chi connectivity index (χ1n) is 2.95. The molecule has 0 fully saturated rings. The van der Waals surface area contributed by atoms with Crippen molar-refractivity contribution in [3.05, 3.63) is 35.4 Å². The molecular formula is C8H11BrMg. The highest BCUT2D eigenvalue weighted by atomic mass is 79.9. The van der Waals surface area contributed by atoms with E-state index in [1.807, 2.05) is 0 Å². The summed E-state index contributed by atoms with van der Waals surface area (Å²) < 4.78 is 0. The van der Waals surface area contributed by atoms with Crippen molar-refractivity contribution in [1.29, 1.82) is 0 Å². The minimum Gasteiger partial charge on any atom is -0.0876 e. The van der Waals surface area contributed by atoms with Crippen LogP contribution in [0.25, 0.3) is 0 Å². The molecule has 1 rings (SSSR count). The van der Waals surface area contributed by atoms with Gasteiger partial charge in [-0.3, -0.25) is 0 Å². The molecule has 0 atom stereocenters. The predicted octanol–water partition coefficient (Wildman–Crippen LogP) is 1.97. The molecule has 0 aliphatic rings. The maximum Gasteiger partial charge on any atom is 0.316 e. The SMILES string of the molecule is Cc1ccccc1CBr.[MgH2]. The predicted molar refractivity (Wildman–Crippen MR) is 52.4 cm³/mol. The van der Waals surface area contributed by atoms with E-state index in [9.17, 15) is 0 Å². The summed E-state index contributed by atoms with van der Waals surface area (Å²) in [5.41, 5.74) is 2.73. The van der Waals surface area contributed by atoms with Crippen LogP contribution in [0, 0.1) is 6.92 Å². The molecule has 0 N–H and O–H groups in total. The third-order valence-electron chi connectivity index (χ3n) is 1.41. The second-order valence-electron chi connectivity index (χ2n) is 2.06. The largest absolute Gasteiger partial charge is 0.316 e. The van der Waals surface area contributed by atoms with Crippen LogP contribution in [-0.4, -0.2) is 23.1 Å². The van der Waals surface area contributed by atoms with E-state index in [0.717, 1.165) is 5.33 Å². The molecule has 0 nitrogen and oxygen atoms in total. The Labute approximate surface area is 86.3 Å². The molecule has 1 aromatic rings. The number of alkyl halides is 1. The first-order valence-corrected chi connectivity index (χ1v) is 4.07. The Morgan fingerprint density at radius 2 is 1.90 bits per heavy atom. The molecule has 0 heterocycles. The fraction of sp³-hybridized carbons (Fsp3) is 0.250. The van der Waals surface area contributed by atoms with Crippen molar-refractivity contribution >= 4 is 39.0 Å². The Bertz CT molecular complexity index is 198. The van der Waals surface area contributed by atoms with E-state index in [2.05, 4.69) is 47.1 Å². The quantitative estimate of drug-likeness (QED) is 0.492. The van der Waals surface area contributed by atoms with Crippen molar-refractivity contribution in [3.8, 4) is 0 Å².